The molecule has 0 saturated carbocycles. The van der Waals surface area contributed by atoms with E-state index in [1.54, 1.807) is 0 Å². The number of nitrogens with one attached hydrogen (secondary N) is 1. The Kier molecular flexibility index (Phi) is 2.38. The second-order valence-corrected chi connectivity index (χ2v) is 4.08. The number of hydrogen-bond donors (Lipinski definition) is 1. The lowest BCUT2D eigenvalue weighted by Gasteiger charge is -2.21. The fourth-order valence-corrected chi connectivity index (χ4v) is 1.82. The van der Waals surface area contributed by atoms with Crippen LogP contribution in [0.25, 0.3) is 0 Å². The average Bonchev–Trinajstić information content (AvgIpc) is 2.43. The van der Waals surface area contributed by atoms with Gasteiger partial charge in [0.05, 0.1) is 0 Å². The number of amides is 3. The minimum atomic E-state index is -1.42. The van der Waals surface area contributed by atoms with Gasteiger partial charge in [0.1, 0.15) is 17.2 Å². The van der Waals surface area contributed by atoms with Gasteiger partial charge in [0.25, 0.3) is 5.91 Å². The number of imide groups is 1. The van der Waals surface area contributed by atoms with Gasteiger partial charge in [-0.25, -0.2) is 13.6 Å². The second kappa shape index (κ2) is 3.51. The van der Waals surface area contributed by atoms with E-state index in [4.69, 9.17) is 0 Å². The molecule has 1 saturated heterocycles. The molecule has 2 rings (SSSR count). The largest absolute Gasteiger partial charge is 0.325 e. The lowest BCUT2D eigenvalue weighted by atomic mass is 9.92. The van der Waals surface area contributed by atoms with Crippen LogP contribution in [0, 0.1) is 11.6 Å². The van der Waals surface area contributed by atoms with Crippen LogP contribution in [-0.2, 0) is 10.3 Å². The number of rotatable bonds is 1. The van der Waals surface area contributed by atoms with Crippen molar-refractivity contribution in [3.05, 3.63) is 35.4 Å². The standard InChI is InChI=1S/C11H10F2N2O2/c1-11(9(16)15(2)10(17)14-11)6-3-7(12)5-8(13)4-6/h3-5H,1-2H3,(H,14,17). The van der Waals surface area contributed by atoms with Crippen LogP contribution in [-0.4, -0.2) is 23.9 Å². The van der Waals surface area contributed by atoms with Crippen molar-refractivity contribution in [3.8, 4) is 0 Å². The maximum Gasteiger partial charge on any atom is 0.325 e. The van der Waals surface area contributed by atoms with E-state index < -0.39 is 29.1 Å². The van der Waals surface area contributed by atoms with Gasteiger partial charge in [0, 0.05) is 13.1 Å². The first kappa shape index (κ1) is 11.5. The first-order valence-electron chi connectivity index (χ1n) is 4.91. The van der Waals surface area contributed by atoms with Crippen molar-refractivity contribution in [2.24, 2.45) is 0 Å². The Hall–Kier alpha value is -1.98. The Morgan fingerprint density at radius 2 is 1.71 bits per heavy atom. The van der Waals surface area contributed by atoms with Crippen molar-refractivity contribution >= 4 is 11.9 Å². The molecule has 1 N–H and O–H groups in total. The molecule has 0 spiro atoms. The molecule has 17 heavy (non-hydrogen) atoms. The zero-order valence-electron chi connectivity index (χ0n) is 9.25. The molecule has 1 aromatic carbocycles. The predicted molar refractivity (Wildman–Crippen MR) is 55.0 cm³/mol. The minimum Gasteiger partial charge on any atom is -0.319 e. The van der Waals surface area contributed by atoms with Crippen LogP contribution in [0.5, 0.6) is 0 Å². The minimum absolute atomic E-state index is 0.0812. The van der Waals surface area contributed by atoms with E-state index in [2.05, 4.69) is 5.32 Å². The fourth-order valence-electron chi connectivity index (χ4n) is 1.82. The summed E-state index contributed by atoms with van der Waals surface area (Å²) in [6, 6.07) is 2.17. The Morgan fingerprint density at radius 3 is 2.12 bits per heavy atom. The molecule has 0 radical (unpaired) electrons. The molecule has 1 unspecified atom stereocenters. The Labute approximate surface area is 96.2 Å². The Balaban J connectivity index is 2.52. The molecule has 90 valence electrons. The van der Waals surface area contributed by atoms with Crippen LogP contribution in [0.3, 0.4) is 0 Å². The number of carbonyl (C=O) groups is 2. The van der Waals surface area contributed by atoms with Gasteiger partial charge in [-0.15, -0.1) is 0 Å². The molecular weight excluding hydrogens is 230 g/mol. The van der Waals surface area contributed by atoms with E-state index >= 15 is 0 Å². The van der Waals surface area contributed by atoms with Gasteiger partial charge < -0.3 is 5.32 Å². The quantitative estimate of drug-likeness (QED) is 0.753. The van der Waals surface area contributed by atoms with Crippen LogP contribution in [0.2, 0.25) is 0 Å². The number of carbonyl (C=O) groups excluding carboxylic acids is 2. The summed E-state index contributed by atoms with van der Waals surface area (Å²) in [5.74, 6) is -2.14. The van der Waals surface area contributed by atoms with Crippen LogP contribution in [0.4, 0.5) is 13.6 Å². The van der Waals surface area contributed by atoms with Gasteiger partial charge in [0.2, 0.25) is 0 Å². The van der Waals surface area contributed by atoms with E-state index in [1.165, 1.54) is 14.0 Å². The van der Waals surface area contributed by atoms with E-state index in [9.17, 15) is 18.4 Å². The molecule has 0 aliphatic carbocycles. The molecule has 1 atom stereocenters. The topological polar surface area (TPSA) is 49.4 Å². The third-order valence-electron chi connectivity index (χ3n) is 2.83. The summed E-state index contributed by atoms with van der Waals surface area (Å²) in [5.41, 5.74) is -1.34. The monoisotopic (exact) mass is 240 g/mol. The summed E-state index contributed by atoms with van der Waals surface area (Å²) < 4.78 is 26.2. The highest BCUT2D eigenvalue weighted by atomic mass is 19.1. The van der Waals surface area contributed by atoms with Gasteiger partial charge in [-0.3, -0.25) is 9.69 Å². The first-order valence-corrected chi connectivity index (χ1v) is 4.91. The van der Waals surface area contributed by atoms with Crippen molar-refractivity contribution in [2.45, 2.75) is 12.5 Å². The Morgan fingerprint density at radius 1 is 1.18 bits per heavy atom. The number of likely N-dealkylation sites (N-methyl/N-ethyl adjacent to an activating group) is 1. The Bertz CT molecular complexity index is 498. The smallest absolute Gasteiger partial charge is 0.319 e. The summed E-state index contributed by atoms with van der Waals surface area (Å²) in [6.07, 6.45) is 0. The lowest BCUT2D eigenvalue weighted by Crippen LogP contribution is -2.40. The number of hydrogen-bond acceptors (Lipinski definition) is 2. The van der Waals surface area contributed by atoms with Crippen LogP contribution >= 0.6 is 0 Å². The van der Waals surface area contributed by atoms with Crippen molar-refractivity contribution in [1.29, 1.82) is 0 Å². The van der Waals surface area contributed by atoms with Gasteiger partial charge in [0.15, 0.2) is 0 Å². The highest BCUT2D eigenvalue weighted by Gasteiger charge is 2.47. The van der Waals surface area contributed by atoms with Crippen LogP contribution in [0.1, 0.15) is 12.5 Å². The predicted octanol–water partition coefficient (Wildman–Crippen LogP) is 1.36. The van der Waals surface area contributed by atoms with Crippen molar-refractivity contribution in [2.75, 3.05) is 7.05 Å². The molecule has 6 heteroatoms. The third-order valence-corrected chi connectivity index (χ3v) is 2.83. The van der Waals surface area contributed by atoms with Crippen molar-refractivity contribution < 1.29 is 18.4 Å². The molecular formula is C11H10F2N2O2. The normalized spacial score (nSPS) is 24.1. The fraction of sp³-hybridized carbons (Fsp3) is 0.273. The highest BCUT2D eigenvalue weighted by molar-refractivity contribution is 6.06. The molecule has 4 nitrogen and oxygen atoms in total. The summed E-state index contributed by atoms with van der Waals surface area (Å²) in [4.78, 5) is 24.1. The zero-order chi connectivity index (χ0) is 12.8. The molecule has 1 aromatic rings. The number of benzene rings is 1. The maximum absolute atomic E-state index is 13.1. The highest BCUT2D eigenvalue weighted by Crippen LogP contribution is 2.28. The number of nitrogens with zero attached hydrogens (tertiary/aromatic N) is 1. The molecule has 1 aliphatic rings. The third kappa shape index (κ3) is 1.65. The molecule has 0 bridgehead atoms. The first-order chi connectivity index (χ1) is 7.84. The van der Waals surface area contributed by atoms with Crippen molar-refractivity contribution in [3.63, 3.8) is 0 Å². The summed E-state index contributed by atoms with van der Waals surface area (Å²) in [5, 5.41) is 2.40. The summed E-state index contributed by atoms with van der Waals surface area (Å²) in [7, 11) is 1.30. The zero-order valence-corrected chi connectivity index (χ0v) is 9.25. The van der Waals surface area contributed by atoms with Gasteiger partial charge >= 0.3 is 6.03 Å². The molecule has 0 aromatic heterocycles. The number of urea groups is 1. The lowest BCUT2D eigenvalue weighted by molar-refractivity contribution is -0.130. The van der Waals surface area contributed by atoms with E-state index in [0.717, 1.165) is 17.0 Å². The van der Waals surface area contributed by atoms with Gasteiger partial charge in [-0.2, -0.15) is 0 Å². The SMILES string of the molecule is CN1C(=O)NC(C)(c2cc(F)cc(F)c2)C1=O. The van der Waals surface area contributed by atoms with Crippen LogP contribution < -0.4 is 5.32 Å². The molecule has 1 aliphatic heterocycles. The molecule has 1 heterocycles. The van der Waals surface area contributed by atoms with E-state index in [1.807, 2.05) is 0 Å². The molecule has 3 amide bonds. The van der Waals surface area contributed by atoms with Crippen molar-refractivity contribution in [1.82, 2.24) is 10.2 Å². The molecule has 1 fully saturated rings. The van der Waals surface area contributed by atoms with E-state index in [-0.39, 0.29) is 5.56 Å². The maximum atomic E-state index is 13.1. The number of halogens is 2. The van der Waals surface area contributed by atoms with Gasteiger partial charge in [-0.1, -0.05) is 0 Å². The van der Waals surface area contributed by atoms with Crippen LogP contribution in [0.15, 0.2) is 18.2 Å². The summed E-state index contributed by atoms with van der Waals surface area (Å²) in [6.45, 7) is 1.41. The summed E-state index contributed by atoms with van der Waals surface area (Å²) >= 11 is 0. The average molecular weight is 240 g/mol. The van der Waals surface area contributed by atoms with E-state index in [0.29, 0.717) is 6.07 Å². The van der Waals surface area contributed by atoms with Gasteiger partial charge in [-0.05, 0) is 24.6 Å². The second-order valence-electron chi connectivity index (χ2n) is 4.08.